The van der Waals surface area contributed by atoms with E-state index < -0.39 is 15.9 Å². The van der Waals surface area contributed by atoms with Gasteiger partial charge in [-0.1, -0.05) is 23.8 Å². The van der Waals surface area contributed by atoms with Gasteiger partial charge in [0.15, 0.2) is 5.82 Å². The minimum absolute atomic E-state index is 0.0801. The van der Waals surface area contributed by atoms with Crippen LogP contribution in [-0.2, 0) is 16.6 Å². The van der Waals surface area contributed by atoms with Gasteiger partial charge in [0, 0.05) is 24.1 Å². The van der Waals surface area contributed by atoms with Gasteiger partial charge in [-0.3, -0.25) is 19.2 Å². The van der Waals surface area contributed by atoms with Crippen LogP contribution in [0.25, 0.3) is 0 Å². The minimum Gasteiger partial charge on any atom is -0.304 e. The number of rotatable bonds is 7. The van der Waals surface area contributed by atoms with E-state index in [1.165, 1.54) is 6.07 Å². The summed E-state index contributed by atoms with van der Waals surface area (Å²) in [5.41, 5.74) is 2.27. The Morgan fingerprint density at radius 3 is 2.65 bits per heavy atom. The van der Waals surface area contributed by atoms with E-state index in [4.69, 9.17) is 0 Å². The molecule has 0 saturated heterocycles. The number of benzene rings is 1. The number of carbonyl (C=O) groups excluding carboxylic acids is 1. The zero-order chi connectivity index (χ0) is 21.8. The largest absolute Gasteiger partial charge is 0.304 e. The Balaban J connectivity index is 1.48. The first-order valence-corrected chi connectivity index (χ1v) is 11.7. The third-order valence-corrected chi connectivity index (χ3v) is 6.83. The smallest absolute Gasteiger partial charge is 0.268 e. The quantitative estimate of drug-likeness (QED) is 0.443. The molecule has 4 rings (SSSR count). The van der Waals surface area contributed by atoms with Gasteiger partial charge in [0.2, 0.25) is 0 Å². The third-order valence-electron chi connectivity index (χ3n) is 4.36. The molecule has 158 valence electrons. The first-order valence-electron chi connectivity index (χ1n) is 9.32. The number of nitrogens with one attached hydrogen (secondary N) is 2. The molecule has 0 atom stereocenters. The van der Waals surface area contributed by atoms with Gasteiger partial charge in [-0.2, -0.15) is 5.10 Å². The molecule has 3 heterocycles. The fourth-order valence-corrected chi connectivity index (χ4v) is 5.24. The van der Waals surface area contributed by atoms with Crippen LogP contribution in [0.15, 0.2) is 77.3 Å². The van der Waals surface area contributed by atoms with Crippen molar-refractivity contribution < 1.29 is 13.2 Å². The number of sulfonamides is 1. The molecule has 0 unspecified atom stereocenters. The van der Waals surface area contributed by atoms with Crippen LogP contribution < -0.4 is 10.0 Å². The molecule has 0 aliphatic rings. The number of aromatic nitrogens is 3. The number of hydrogen-bond acceptors (Lipinski definition) is 6. The average Bonchev–Trinajstić information content (AvgIpc) is 3.41. The van der Waals surface area contributed by atoms with E-state index in [2.05, 4.69) is 20.1 Å². The second-order valence-electron chi connectivity index (χ2n) is 6.76. The Kier molecular flexibility index (Phi) is 5.83. The first kappa shape index (κ1) is 20.8. The zero-order valence-corrected chi connectivity index (χ0v) is 18.2. The van der Waals surface area contributed by atoms with Crippen molar-refractivity contribution in [2.24, 2.45) is 0 Å². The monoisotopic (exact) mass is 453 g/mol. The van der Waals surface area contributed by atoms with Gasteiger partial charge in [0.1, 0.15) is 9.77 Å². The molecule has 8 nitrogen and oxygen atoms in total. The Labute approximate surface area is 183 Å². The van der Waals surface area contributed by atoms with Crippen molar-refractivity contribution in [3.05, 3.63) is 88.5 Å². The molecule has 1 aromatic carbocycles. The normalized spacial score (nSPS) is 11.3. The minimum atomic E-state index is -3.92. The summed E-state index contributed by atoms with van der Waals surface area (Å²) in [6.07, 6.45) is 3.42. The van der Waals surface area contributed by atoms with Crippen LogP contribution in [0.2, 0.25) is 0 Å². The molecule has 3 aromatic heterocycles. The lowest BCUT2D eigenvalue weighted by atomic mass is 10.2. The van der Waals surface area contributed by atoms with Gasteiger partial charge in [0.05, 0.1) is 12.2 Å². The number of hydrogen-bond donors (Lipinski definition) is 2. The highest BCUT2D eigenvalue weighted by atomic mass is 32.2. The summed E-state index contributed by atoms with van der Waals surface area (Å²) in [7, 11) is -3.92. The van der Waals surface area contributed by atoms with Crippen LogP contribution in [0.4, 0.5) is 11.5 Å². The Bertz CT molecular complexity index is 1300. The number of nitrogens with zero attached hydrogens (tertiary/aromatic N) is 3. The van der Waals surface area contributed by atoms with Gasteiger partial charge >= 0.3 is 0 Å². The molecule has 0 radical (unpaired) electrons. The molecule has 0 spiro atoms. The highest BCUT2D eigenvalue weighted by Gasteiger charge is 2.24. The van der Waals surface area contributed by atoms with E-state index >= 15 is 0 Å². The van der Waals surface area contributed by atoms with Crippen molar-refractivity contribution in [1.29, 1.82) is 0 Å². The molecule has 31 heavy (non-hydrogen) atoms. The van der Waals surface area contributed by atoms with E-state index in [0.29, 0.717) is 18.1 Å². The number of amides is 1. The second kappa shape index (κ2) is 8.70. The van der Waals surface area contributed by atoms with E-state index in [0.717, 1.165) is 22.6 Å². The highest BCUT2D eigenvalue weighted by molar-refractivity contribution is 7.93. The summed E-state index contributed by atoms with van der Waals surface area (Å²) in [4.78, 5) is 17.0. The Morgan fingerprint density at radius 1 is 1.10 bits per heavy atom. The van der Waals surface area contributed by atoms with Crippen molar-refractivity contribution in [2.45, 2.75) is 18.4 Å². The lowest BCUT2D eigenvalue weighted by molar-refractivity contribution is 0.102. The predicted molar refractivity (Wildman–Crippen MR) is 120 cm³/mol. The number of pyridine rings is 1. The van der Waals surface area contributed by atoms with Crippen molar-refractivity contribution in [2.75, 3.05) is 10.0 Å². The van der Waals surface area contributed by atoms with Crippen LogP contribution in [0.1, 0.15) is 20.9 Å². The average molecular weight is 454 g/mol. The molecule has 10 heteroatoms. The van der Waals surface area contributed by atoms with E-state index in [1.54, 1.807) is 52.8 Å². The molecular formula is C21H19N5O3S2. The van der Waals surface area contributed by atoms with Gasteiger partial charge in [-0.15, -0.1) is 11.3 Å². The maximum atomic E-state index is 12.8. The predicted octanol–water partition coefficient (Wildman–Crippen LogP) is 3.75. The molecule has 4 aromatic rings. The molecule has 1 amide bonds. The SMILES string of the molecule is Cc1ccc(NS(=O)(=O)c2ccsc2C(=O)Nc2ccn(Cc3ccccn3)n2)cc1. The summed E-state index contributed by atoms with van der Waals surface area (Å²) in [6.45, 7) is 2.37. The van der Waals surface area contributed by atoms with Crippen molar-refractivity contribution in [3.63, 3.8) is 0 Å². The van der Waals surface area contributed by atoms with Crippen LogP contribution in [0.5, 0.6) is 0 Å². The van der Waals surface area contributed by atoms with E-state index in [-0.39, 0.29) is 9.77 Å². The molecule has 0 aliphatic carbocycles. The summed E-state index contributed by atoms with van der Waals surface area (Å²) < 4.78 is 29.8. The van der Waals surface area contributed by atoms with Crippen LogP contribution in [-0.4, -0.2) is 29.1 Å². The number of thiophene rings is 1. The molecule has 0 aliphatic heterocycles. The number of anilines is 2. The first-order chi connectivity index (χ1) is 14.9. The van der Waals surface area contributed by atoms with Gasteiger partial charge in [0.25, 0.3) is 15.9 Å². The van der Waals surface area contributed by atoms with Crippen molar-refractivity contribution in [3.8, 4) is 0 Å². The standard InChI is InChI=1S/C21H19N5O3S2/c1-15-5-7-16(8-6-15)25-31(28,29)18-10-13-30-20(18)21(27)23-19-9-12-26(24-19)14-17-4-2-3-11-22-17/h2-13,25H,14H2,1H3,(H,23,24,27). The van der Waals surface area contributed by atoms with Gasteiger partial charge in [-0.05, 0) is 42.6 Å². The van der Waals surface area contributed by atoms with Crippen LogP contribution >= 0.6 is 11.3 Å². The van der Waals surface area contributed by atoms with Crippen LogP contribution in [0.3, 0.4) is 0 Å². The summed E-state index contributed by atoms with van der Waals surface area (Å²) in [5.74, 6) is -0.216. The Morgan fingerprint density at radius 2 is 1.90 bits per heavy atom. The molecule has 0 saturated carbocycles. The lowest BCUT2D eigenvalue weighted by Crippen LogP contribution is -2.18. The zero-order valence-electron chi connectivity index (χ0n) is 16.5. The molecule has 0 bridgehead atoms. The molecular weight excluding hydrogens is 434 g/mol. The fourth-order valence-electron chi connectivity index (χ4n) is 2.85. The number of carbonyl (C=O) groups is 1. The maximum absolute atomic E-state index is 12.8. The Hall–Kier alpha value is -3.50. The van der Waals surface area contributed by atoms with Crippen molar-refractivity contribution in [1.82, 2.24) is 14.8 Å². The third kappa shape index (κ3) is 4.98. The fraction of sp³-hybridized carbons (Fsp3) is 0.0952. The van der Waals surface area contributed by atoms with E-state index in [1.807, 2.05) is 25.1 Å². The highest BCUT2D eigenvalue weighted by Crippen LogP contribution is 2.25. The molecule has 2 N–H and O–H groups in total. The topological polar surface area (TPSA) is 106 Å². The van der Waals surface area contributed by atoms with E-state index in [9.17, 15) is 13.2 Å². The maximum Gasteiger partial charge on any atom is 0.268 e. The summed E-state index contributed by atoms with van der Waals surface area (Å²) >= 11 is 1.05. The molecule has 0 fully saturated rings. The lowest BCUT2D eigenvalue weighted by Gasteiger charge is -2.09. The van der Waals surface area contributed by atoms with Gasteiger partial charge in [-0.25, -0.2) is 8.42 Å². The number of aryl methyl sites for hydroxylation is 1. The summed E-state index contributed by atoms with van der Waals surface area (Å²) in [5, 5.41) is 8.54. The second-order valence-corrected chi connectivity index (χ2v) is 9.33. The summed E-state index contributed by atoms with van der Waals surface area (Å²) in [6, 6.07) is 15.6. The van der Waals surface area contributed by atoms with Crippen LogP contribution in [0, 0.1) is 6.92 Å². The van der Waals surface area contributed by atoms with Gasteiger partial charge < -0.3 is 5.32 Å². The van der Waals surface area contributed by atoms with Crippen molar-refractivity contribution >= 4 is 38.8 Å².